The van der Waals surface area contributed by atoms with E-state index in [2.05, 4.69) is 15.8 Å². The van der Waals surface area contributed by atoms with Crippen LogP contribution in [0.15, 0.2) is 77.9 Å². The van der Waals surface area contributed by atoms with Crippen molar-refractivity contribution in [3.8, 4) is 11.5 Å². The van der Waals surface area contributed by atoms with Crippen LogP contribution in [0.1, 0.15) is 22.8 Å². The number of rotatable bonds is 7. The van der Waals surface area contributed by atoms with E-state index in [1.54, 1.807) is 72.8 Å². The van der Waals surface area contributed by atoms with Gasteiger partial charge < -0.3 is 14.8 Å². The number of anilines is 1. The Bertz CT molecular complexity index is 1160. The Hall–Kier alpha value is -4.17. The molecule has 0 aromatic heterocycles. The number of amides is 2. The van der Waals surface area contributed by atoms with Crippen LogP contribution in [0.3, 0.4) is 0 Å². The summed E-state index contributed by atoms with van der Waals surface area (Å²) in [4.78, 5) is 36.2. The van der Waals surface area contributed by atoms with E-state index in [1.165, 1.54) is 6.21 Å². The van der Waals surface area contributed by atoms with Crippen molar-refractivity contribution in [3.05, 3.63) is 88.9 Å². The largest absolute Gasteiger partial charge is 0.494 e. The highest BCUT2D eigenvalue weighted by atomic mass is 35.5. The molecule has 0 bridgehead atoms. The summed E-state index contributed by atoms with van der Waals surface area (Å²) < 4.78 is 10.7. The smallest absolute Gasteiger partial charge is 0.343 e. The average molecular weight is 466 g/mol. The van der Waals surface area contributed by atoms with Gasteiger partial charge in [-0.2, -0.15) is 5.10 Å². The number of carbonyl (C=O) groups excluding carboxylic acids is 3. The second-order valence-electron chi connectivity index (χ2n) is 6.58. The molecule has 0 unspecified atom stereocenters. The maximum absolute atomic E-state index is 12.2. The van der Waals surface area contributed by atoms with E-state index in [0.717, 1.165) is 0 Å². The topological polar surface area (TPSA) is 106 Å². The molecule has 2 N–H and O–H groups in total. The fourth-order valence-electron chi connectivity index (χ4n) is 2.62. The summed E-state index contributed by atoms with van der Waals surface area (Å²) in [5.41, 5.74) is 3.49. The molecular formula is C24H20ClN3O5. The number of esters is 1. The lowest BCUT2D eigenvalue weighted by Gasteiger charge is -2.06. The molecule has 0 aliphatic carbocycles. The van der Waals surface area contributed by atoms with Gasteiger partial charge in [-0.1, -0.05) is 23.7 Å². The Labute approximate surface area is 195 Å². The van der Waals surface area contributed by atoms with Gasteiger partial charge >= 0.3 is 17.8 Å². The summed E-state index contributed by atoms with van der Waals surface area (Å²) in [6.07, 6.45) is 1.32. The van der Waals surface area contributed by atoms with Gasteiger partial charge in [-0.15, -0.1) is 0 Å². The third kappa shape index (κ3) is 7.19. The number of hydrogen-bond donors (Lipinski definition) is 2. The van der Waals surface area contributed by atoms with Crippen molar-refractivity contribution in [1.29, 1.82) is 0 Å². The number of carbonyl (C=O) groups is 3. The summed E-state index contributed by atoms with van der Waals surface area (Å²) in [6.45, 7) is 2.39. The van der Waals surface area contributed by atoms with E-state index in [-0.39, 0.29) is 0 Å². The average Bonchev–Trinajstić information content (AvgIpc) is 2.81. The van der Waals surface area contributed by atoms with Gasteiger partial charge in [0.05, 0.1) is 18.4 Å². The van der Waals surface area contributed by atoms with Crippen LogP contribution in [0.25, 0.3) is 0 Å². The normalized spacial score (nSPS) is 10.5. The summed E-state index contributed by atoms with van der Waals surface area (Å²) in [6, 6.07) is 19.4. The number of halogens is 1. The van der Waals surface area contributed by atoms with Gasteiger partial charge in [0.25, 0.3) is 0 Å². The predicted octanol–water partition coefficient (Wildman–Crippen LogP) is 4.05. The minimum absolute atomic E-state index is 0.290. The van der Waals surface area contributed by atoms with Gasteiger partial charge in [-0.05, 0) is 73.2 Å². The first kappa shape index (κ1) is 23.5. The van der Waals surface area contributed by atoms with Crippen LogP contribution in [0.2, 0.25) is 5.02 Å². The van der Waals surface area contributed by atoms with Crippen LogP contribution in [0.4, 0.5) is 5.69 Å². The lowest BCUT2D eigenvalue weighted by atomic mass is 10.2. The van der Waals surface area contributed by atoms with Crippen molar-refractivity contribution in [3.63, 3.8) is 0 Å². The first-order chi connectivity index (χ1) is 15.9. The number of hydrogen-bond acceptors (Lipinski definition) is 6. The molecular weight excluding hydrogens is 446 g/mol. The predicted molar refractivity (Wildman–Crippen MR) is 125 cm³/mol. The fourth-order valence-corrected chi connectivity index (χ4v) is 2.74. The van der Waals surface area contributed by atoms with E-state index < -0.39 is 17.8 Å². The van der Waals surface area contributed by atoms with Crippen molar-refractivity contribution in [2.24, 2.45) is 5.10 Å². The van der Waals surface area contributed by atoms with Crippen molar-refractivity contribution in [2.45, 2.75) is 6.92 Å². The quantitative estimate of drug-likeness (QED) is 0.180. The van der Waals surface area contributed by atoms with Crippen molar-refractivity contribution in [1.82, 2.24) is 5.43 Å². The van der Waals surface area contributed by atoms with Crippen LogP contribution in [0, 0.1) is 0 Å². The van der Waals surface area contributed by atoms with Gasteiger partial charge in [0, 0.05) is 10.7 Å². The van der Waals surface area contributed by atoms with E-state index in [1.807, 2.05) is 6.92 Å². The molecule has 0 aliphatic rings. The van der Waals surface area contributed by atoms with E-state index in [0.29, 0.717) is 39.9 Å². The fraction of sp³-hybridized carbons (Fsp3) is 0.0833. The Morgan fingerprint density at radius 1 is 0.939 bits per heavy atom. The Kier molecular flexibility index (Phi) is 8.15. The Balaban J connectivity index is 1.53. The Morgan fingerprint density at radius 2 is 1.67 bits per heavy atom. The van der Waals surface area contributed by atoms with Gasteiger partial charge in [0.2, 0.25) is 0 Å². The highest BCUT2D eigenvalue weighted by molar-refractivity contribution is 6.39. The molecule has 0 atom stereocenters. The minimum Gasteiger partial charge on any atom is -0.494 e. The zero-order valence-corrected chi connectivity index (χ0v) is 18.3. The Morgan fingerprint density at radius 3 is 2.36 bits per heavy atom. The highest BCUT2D eigenvalue weighted by Crippen LogP contribution is 2.17. The summed E-state index contributed by atoms with van der Waals surface area (Å²) in [5, 5.41) is 6.75. The number of benzene rings is 3. The van der Waals surface area contributed by atoms with Gasteiger partial charge in [0.1, 0.15) is 11.5 Å². The molecule has 3 aromatic rings. The third-order valence-corrected chi connectivity index (χ3v) is 4.41. The molecule has 0 spiro atoms. The SMILES string of the molecule is CCOc1ccc(NC(=O)C(=O)N/N=C\c2cccc(OC(=O)c3ccc(Cl)cc3)c2)cc1. The number of ether oxygens (including phenoxy) is 2. The maximum Gasteiger partial charge on any atom is 0.343 e. The molecule has 8 nitrogen and oxygen atoms in total. The highest BCUT2D eigenvalue weighted by Gasteiger charge is 2.13. The molecule has 0 fully saturated rings. The van der Waals surface area contributed by atoms with Crippen molar-refractivity contribution in [2.75, 3.05) is 11.9 Å². The molecule has 9 heteroatoms. The molecule has 2 amide bonds. The molecule has 168 valence electrons. The first-order valence-electron chi connectivity index (χ1n) is 9.89. The van der Waals surface area contributed by atoms with E-state index in [4.69, 9.17) is 21.1 Å². The summed E-state index contributed by atoms with van der Waals surface area (Å²) >= 11 is 5.82. The lowest BCUT2D eigenvalue weighted by molar-refractivity contribution is -0.136. The number of nitrogens with one attached hydrogen (secondary N) is 2. The lowest BCUT2D eigenvalue weighted by Crippen LogP contribution is -2.32. The zero-order chi connectivity index (χ0) is 23.6. The standard InChI is InChI=1S/C24H20ClN3O5/c1-2-32-20-12-10-19(11-13-20)27-22(29)23(30)28-26-15-16-4-3-5-21(14-16)33-24(31)17-6-8-18(25)9-7-17/h3-15H,2H2,1H3,(H,27,29)(H,28,30)/b26-15-. The van der Waals surface area contributed by atoms with Crippen LogP contribution < -0.4 is 20.2 Å². The zero-order valence-electron chi connectivity index (χ0n) is 17.6. The van der Waals surface area contributed by atoms with Crippen LogP contribution in [0.5, 0.6) is 11.5 Å². The van der Waals surface area contributed by atoms with Gasteiger partial charge in [-0.3, -0.25) is 9.59 Å². The molecule has 3 aromatic carbocycles. The minimum atomic E-state index is -0.939. The molecule has 0 radical (unpaired) electrons. The molecule has 0 heterocycles. The van der Waals surface area contributed by atoms with Crippen LogP contribution >= 0.6 is 11.6 Å². The van der Waals surface area contributed by atoms with Gasteiger partial charge in [-0.25, -0.2) is 10.2 Å². The van der Waals surface area contributed by atoms with Crippen molar-refractivity contribution < 1.29 is 23.9 Å². The summed E-state index contributed by atoms with van der Waals surface area (Å²) in [7, 11) is 0. The van der Waals surface area contributed by atoms with Crippen LogP contribution in [-0.2, 0) is 9.59 Å². The van der Waals surface area contributed by atoms with E-state index in [9.17, 15) is 14.4 Å². The number of hydrazone groups is 1. The number of nitrogens with zero attached hydrogens (tertiary/aromatic N) is 1. The second-order valence-corrected chi connectivity index (χ2v) is 7.02. The van der Waals surface area contributed by atoms with E-state index >= 15 is 0 Å². The molecule has 0 saturated heterocycles. The molecule has 3 rings (SSSR count). The molecule has 0 aliphatic heterocycles. The van der Waals surface area contributed by atoms with Crippen molar-refractivity contribution >= 4 is 41.3 Å². The van der Waals surface area contributed by atoms with Crippen LogP contribution in [-0.4, -0.2) is 30.6 Å². The van der Waals surface area contributed by atoms with Gasteiger partial charge in [0.15, 0.2) is 0 Å². The summed E-state index contributed by atoms with van der Waals surface area (Å²) in [5.74, 6) is -1.41. The maximum atomic E-state index is 12.2. The second kappa shape index (κ2) is 11.4. The molecule has 0 saturated carbocycles. The first-order valence-corrected chi connectivity index (χ1v) is 10.3. The third-order valence-electron chi connectivity index (χ3n) is 4.16. The monoisotopic (exact) mass is 465 g/mol. The molecule has 33 heavy (non-hydrogen) atoms.